The van der Waals surface area contributed by atoms with Crippen LogP contribution in [0.3, 0.4) is 0 Å². The summed E-state index contributed by atoms with van der Waals surface area (Å²) in [6, 6.07) is 15.8. The van der Waals surface area contributed by atoms with E-state index in [1.54, 1.807) is 6.20 Å². The number of para-hydroxylation sites is 1. The van der Waals surface area contributed by atoms with Gasteiger partial charge in [0.1, 0.15) is 5.82 Å². The Hall–Kier alpha value is -3.71. The fourth-order valence-corrected chi connectivity index (χ4v) is 3.72. The zero-order valence-corrected chi connectivity index (χ0v) is 16.9. The van der Waals surface area contributed by atoms with Gasteiger partial charge in [0, 0.05) is 41.1 Å². The lowest BCUT2D eigenvalue weighted by Crippen LogP contribution is -2.31. The van der Waals surface area contributed by atoms with Crippen LogP contribution in [0.25, 0.3) is 44.4 Å². The first-order valence-corrected chi connectivity index (χ1v) is 9.88. The maximum atomic E-state index is 12.9. The molecule has 0 aliphatic carbocycles. The molecule has 7 heteroatoms. The number of hydrogen-bond acceptors (Lipinski definition) is 4. The quantitative estimate of drug-likeness (QED) is 0.422. The molecule has 0 unspecified atom stereocenters. The summed E-state index contributed by atoms with van der Waals surface area (Å²) < 4.78 is 0. The predicted octanol–water partition coefficient (Wildman–Crippen LogP) is 3.55. The molecule has 0 fully saturated rings. The van der Waals surface area contributed by atoms with Crippen molar-refractivity contribution < 1.29 is 4.79 Å². The number of amides is 1. The van der Waals surface area contributed by atoms with Gasteiger partial charge in [-0.3, -0.25) is 9.78 Å². The fraction of sp³-hybridized carbons (Fsp3) is 0.174. The molecule has 0 bridgehead atoms. The number of likely N-dealkylation sites (N-methyl/N-ethyl adjacent to an activating group) is 1. The van der Waals surface area contributed by atoms with Crippen molar-refractivity contribution in [2.24, 2.45) is 0 Å². The van der Waals surface area contributed by atoms with Crippen LogP contribution in [0, 0.1) is 0 Å². The Morgan fingerprint density at radius 1 is 1.10 bits per heavy atom. The number of fused-ring (bicyclic) bond motifs is 4. The van der Waals surface area contributed by atoms with Crippen molar-refractivity contribution in [3.8, 4) is 11.4 Å². The van der Waals surface area contributed by atoms with E-state index in [1.165, 1.54) is 0 Å². The van der Waals surface area contributed by atoms with E-state index < -0.39 is 0 Å². The van der Waals surface area contributed by atoms with E-state index in [2.05, 4.69) is 26.3 Å². The van der Waals surface area contributed by atoms with E-state index >= 15 is 0 Å². The molecule has 150 valence electrons. The molecule has 30 heavy (non-hydrogen) atoms. The zero-order valence-electron chi connectivity index (χ0n) is 16.9. The van der Waals surface area contributed by atoms with Crippen LogP contribution in [-0.4, -0.2) is 57.9 Å². The third-order valence-electron chi connectivity index (χ3n) is 5.22. The maximum absolute atomic E-state index is 12.9. The summed E-state index contributed by atoms with van der Waals surface area (Å²) in [5.74, 6) is 0.583. The van der Waals surface area contributed by atoms with Crippen molar-refractivity contribution in [1.82, 2.24) is 30.2 Å². The molecule has 1 amide bonds. The van der Waals surface area contributed by atoms with Crippen LogP contribution >= 0.6 is 0 Å². The minimum absolute atomic E-state index is 0.134. The Kier molecular flexibility index (Phi) is 4.44. The topological polar surface area (TPSA) is 89.7 Å². The van der Waals surface area contributed by atoms with Crippen molar-refractivity contribution >= 4 is 38.9 Å². The molecule has 0 spiro atoms. The minimum atomic E-state index is -0.134. The molecule has 3 N–H and O–H groups in total. The number of H-pyrrole nitrogens is 2. The number of imidazole rings is 1. The van der Waals surface area contributed by atoms with Gasteiger partial charge in [-0.2, -0.15) is 0 Å². The molecule has 3 heterocycles. The molecule has 2 aromatic carbocycles. The van der Waals surface area contributed by atoms with E-state index in [1.807, 2.05) is 61.5 Å². The molecule has 0 saturated carbocycles. The summed E-state index contributed by atoms with van der Waals surface area (Å²) in [4.78, 5) is 30.9. The summed E-state index contributed by atoms with van der Waals surface area (Å²) in [7, 11) is 3.96. The van der Waals surface area contributed by atoms with Gasteiger partial charge < -0.3 is 20.2 Å². The highest BCUT2D eigenvalue weighted by Crippen LogP contribution is 2.29. The zero-order chi connectivity index (χ0) is 20.7. The summed E-state index contributed by atoms with van der Waals surface area (Å²) >= 11 is 0. The smallest absolute Gasteiger partial charge is 0.253 e. The van der Waals surface area contributed by atoms with Crippen molar-refractivity contribution in [2.75, 3.05) is 27.2 Å². The third kappa shape index (κ3) is 3.19. The number of nitrogens with zero attached hydrogens (tertiary/aromatic N) is 3. The van der Waals surface area contributed by atoms with Crippen molar-refractivity contribution in [3.05, 3.63) is 60.3 Å². The molecule has 0 atom stereocenters. The SMILES string of the molecule is CN(C)CCNC(=O)c1cc(-c2nc3[nH]c4ccccc4c3[nH]2)cc2cccnc12. The third-order valence-corrected chi connectivity index (χ3v) is 5.22. The van der Waals surface area contributed by atoms with Crippen LogP contribution in [0.2, 0.25) is 0 Å². The van der Waals surface area contributed by atoms with Crippen molar-refractivity contribution in [1.29, 1.82) is 0 Å². The second kappa shape index (κ2) is 7.27. The van der Waals surface area contributed by atoms with Gasteiger partial charge in [-0.15, -0.1) is 0 Å². The number of carbonyl (C=O) groups is 1. The van der Waals surface area contributed by atoms with Gasteiger partial charge in [0.05, 0.1) is 16.6 Å². The highest BCUT2D eigenvalue weighted by Gasteiger charge is 2.16. The second-order valence-corrected chi connectivity index (χ2v) is 7.64. The standard InChI is InChI=1S/C23H22N6O/c1-29(2)11-10-25-23(30)17-13-15(12-14-6-5-9-24-19(14)17)21-27-20-16-7-3-4-8-18(16)26-22(20)28-21/h3-9,12-13,26H,10-11H2,1-2H3,(H,25,30)(H,27,28). The van der Waals surface area contributed by atoms with Crippen LogP contribution in [0.15, 0.2) is 54.7 Å². The fourth-order valence-electron chi connectivity index (χ4n) is 3.72. The Labute approximate surface area is 173 Å². The number of hydrogen-bond donors (Lipinski definition) is 3. The lowest BCUT2D eigenvalue weighted by atomic mass is 10.0. The lowest BCUT2D eigenvalue weighted by Gasteiger charge is -2.12. The Bertz CT molecular complexity index is 1380. The van der Waals surface area contributed by atoms with E-state index in [-0.39, 0.29) is 5.91 Å². The Morgan fingerprint density at radius 3 is 2.83 bits per heavy atom. The number of carbonyl (C=O) groups excluding carboxylic acids is 1. The normalized spacial score (nSPS) is 11.7. The number of aromatic amines is 2. The minimum Gasteiger partial charge on any atom is -0.351 e. The first-order chi connectivity index (χ1) is 14.6. The number of nitrogens with one attached hydrogen (secondary N) is 3. The van der Waals surface area contributed by atoms with E-state index in [9.17, 15) is 4.79 Å². The lowest BCUT2D eigenvalue weighted by molar-refractivity contribution is 0.0952. The Morgan fingerprint density at radius 2 is 1.97 bits per heavy atom. The average molecular weight is 398 g/mol. The molecule has 5 rings (SSSR count). The van der Waals surface area contributed by atoms with Crippen molar-refractivity contribution in [3.63, 3.8) is 0 Å². The summed E-state index contributed by atoms with van der Waals surface area (Å²) in [6.07, 6.45) is 1.71. The van der Waals surface area contributed by atoms with Crippen LogP contribution in [0.1, 0.15) is 10.4 Å². The van der Waals surface area contributed by atoms with Crippen LogP contribution < -0.4 is 5.32 Å². The molecule has 0 aliphatic rings. The van der Waals surface area contributed by atoms with E-state index in [0.29, 0.717) is 17.6 Å². The molecule has 7 nitrogen and oxygen atoms in total. The maximum Gasteiger partial charge on any atom is 0.253 e. The van der Waals surface area contributed by atoms with Gasteiger partial charge >= 0.3 is 0 Å². The molecule has 0 radical (unpaired) electrons. The highest BCUT2D eigenvalue weighted by atomic mass is 16.1. The summed E-state index contributed by atoms with van der Waals surface area (Å²) in [6.45, 7) is 1.34. The second-order valence-electron chi connectivity index (χ2n) is 7.64. The summed E-state index contributed by atoms with van der Waals surface area (Å²) in [5.41, 5.74) is 4.89. The first-order valence-electron chi connectivity index (χ1n) is 9.88. The van der Waals surface area contributed by atoms with E-state index in [0.717, 1.165) is 45.4 Å². The van der Waals surface area contributed by atoms with Gasteiger partial charge in [0.25, 0.3) is 5.91 Å². The molecule has 5 aromatic rings. The number of rotatable bonds is 5. The predicted molar refractivity (Wildman–Crippen MR) is 120 cm³/mol. The Balaban J connectivity index is 1.59. The number of aromatic nitrogens is 4. The molecular formula is C23H22N6O. The van der Waals surface area contributed by atoms with Crippen LogP contribution in [0.4, 0.5) is 0 Å². The van der Waals surface area contributed by atoms with Gasteiger partial charge in [0.2, 0.25) is 0 Å². The molecule has 0 saturated heterocycles. The van der Waals surface area contributed by atoms with Crippen LogP contribution in [-0.2, 0) is 0 Å². The number of benzene rings is 2. The van der Waals surface area contributed by atoms with Gasteiger partial charge in [-0.1, -0.05) is 24.3 Å². The van der Waals surface area contributed by atoms with Gasteiger partial charge in [0.15, 0.2) is 5.65 Å². The average Bonchev–Trinajstić information content (AvgIpc) is 3.31. The molecule has 3 aromatic heterocycles. The van der Waals surface area contributed by atoms with Crippen molar-refractivity contribution in [2.45, 2.75) is 0 Å². The summed E-state index contributed by atoms with van der Waals surface area (Å²) in [5, 5.41) is 4.98. The first kappa shape index (κ1) is 18.3. The van der Waals surface area contributed by atoms with Gasteiger partial charge in [-0.25, -0.2) is 4.98 Å². The number of pyridine rings is 1. The highest BCUT2D eigenvalue weighted by molar-refractivity contribution is 6.08. The van der Waals surface area contributed by atoms with E-state index in [4.69, 9.17) is 4.98 Å². The van der Waals surface area contributed by atoms with Gasteiger partial charge in [-0.05, 0) is 38.4 Å². The molecule has 0 aliphatic heterocycles. The van der Waals surface area contributed by atoms with Crippen LogP contribution in [0.5, 0.6) is 0 Å². The monoisotopic (exact) mass is 398 g/mol. The largest absolute Gasteiger partial charge is 0.351 e. The molecular weight excluding hydrogens is 376 g/mol.